The molecule has 0 unspecified atom stereocenters. The molecule has 13 heavy (non-hydrogen) atoms. The Morgan fingerprint density at radius 3 is 3.00 bits per heavy atom. The molecule has 0 bridgehead atoms. The Hall–Kier alpha value is -1.25. The highest BCUT2D eigenvalue weighted by Crippen LogP contribution is 2.21. The number of anilines is 2. The number of hydrogen-bond acceptors (Lipinski definition) is 3. The van der Waals surface area contributed by atoms with Crippen molar-refractivity contribution in [2.75, 3.05) is 29.9 Å². The molecule has 1 aliphatic heterocycles. The fourth-order valence-corrected chi connectivity index (χ4v) is 1.47. The van der Waals surface area contributed by atoms with Crippen molar-refractivity contribution in [1.82, 2.24) is 4.98 Å². The van der Waals surface area contributed by atoms with Gasteiger partial charge < -0.3 is 10.2 Å². The Morgan fingerprint density at radius 2 is 2.38 bits per heavy atom. The fraction of sp³-hybridized carbons (Fsp3) is 0.500. The standard InChI is InChI=1S/C10H15N3/c1-2-11-10-8-9(4-5-12-10)13-6-3-7-13/h4-5,8H,2-3,6-7H2,1H3,(H,11,12). The van der Waals surface area contributed by atoms with E-state index in [1.165, 1.54) is 25.2 Å². The highest BCUT2D eigenvalue weighted by molar-refractivity contribution is 5.54. The average Bonchev–Trinajstić information content (AvgIpc) is 2.02. The van der Waals surface area contributed by atoms with Crippen LogP contribution in [0.4, 0.5) is 11.5 Å². The van der Waals surface area contributed by atoms with Gasteiger partial charge in [0, 0.05) is 37.6 Å². The molecule has 2 heterocycles. The zero-order valence-corrected chi connectivity index (χ0v) is 7.95. The van der Waals surface area contributed by atoms with Gasteiger partial charge in [0.1, 0.15) is 5.82 Å². The Morgan fingerprint density at radius 1 is 1.54 bits per heavy atom. The Kier molecular flexibility index (Phi) is 2.34. The quantitative estimate of drug-likeness (QED) is 0.762. The first-order chi connectivity index (χ1) is 6.40. The van der Waals surface area contributed by atoms with Crippen molar-refractivity contribution in [3.63, 3.8) is 0 Å². The number of hydrogen-bond donors (Lipinski definition) is 1. The van der Waals surface area contributed by atoms with Crippen molar-refractivity contribution in [3.8, 4) is 0 Å². The predicted molar refractivity (Wildman–Crippen MR) is 55.2 cm³/mol. The van der Waals surface area contributed by atoms with E-state index in [-0.39, 0.29) is 0 Å². The van der Waals surface area contributed by atoms with Gasteiger partial charge in [-0.05, 0) is 19.4 Å². The summed E-state index contributed by atoms with van der Waals surface area (Å²) < 4.78 is 0. The second-order valence-corrected chi connectivity index (χ2v) is 3.27. The normalized spacial score (nSPS) is 15.3. The molecule has 0 saturated carbocycles. The zero-order valence-electron chi connectivity index (χ0n) is 7.95. The molecular formula is C10H15N3. The Bertz CT molecular complexity index is 281. The first-order valence-corrected chi connectivity index (χ1v) is 4.85. The monoisotopic (exact) mass is 177 g/mol. The SMILES string of the molecule is CCNc1cc(N2CCC2)ccn1. The van der Waals surface area contributed by atoms with Crippen LogP contribution in [0.1, 0.15) is 13.3 Å². The van der Waals surface area contributed by atoms with Crippen LogP contribution in [0.2, 0.25) is 0 Å². The van der Waals surface area contributed by atoms with Gasteiger partial charge in [0.05, 0.1) is 0 Å². The lowest BCUT2D eigenvalue weighted by atomic mass is 10.2. The van der Waals surface area contributed by atoms with Crippen molar-refractivity contribution in [2.24, 2.45) is 0 Å². The molecule has 1 fully saturated rings. The van der Waals surface area contributed by atoms with Gasteiger partial charge in [-0.25, -0.2) is 4.98 Å². The molecule has 1 aromatic heterocycles. The molecule has 1 aliphatic rings. The van der Waals surface area contributed by atoms with E-state index in [2.05, 4.69) is 34.3 Å². The molecule has 1 aromatic rings. The molecule has 0 amide bonds. The molecule has 0 atom stereocenters. The van der Waals surface area contributed by atoms with Crippen LogP contribution in [0, 0.1) is 0 Å². The van der Waals surface area contributed by atoms with Gasteiger partial charge in [-0.2, -0.15) is 0 Å². The van der Waals surface area contributed by atoms with E-state index in [0.717, 1.165) is 12.4 Å². The maximum atomic E-state index is 4.23. The molecule has 1 N–H and O–H groups in total. The fourth-order valence-electron chi connectivity index (χ4n) is 1.47. The van der Waals surface area contributed by atoms with Crippen LogP contribution in [-0.4, -0.2) is 24.6 Å². The van der Waals surface area contributed by atoms with E-state index >= 15 is 0 Å². The molecule has 2 rings (SSSR count). The van der Waals surface area contributed by atoms with E-state index in [9.17, 15) is 0 Å². The van der Waals surface area contributed by atoms with Crippen molar-refractivity contribution < 1.29 is 0 Å². The first-order valence-electron chi connectivity index (χ1n) is 4.85. The molecule has 3 heteroatoms. The topological polar surface area (TPSA) is 28.2 Å². The lowest BCUT2D eigenvalue weighted by Gasteiger charge is -2.33. The van der Waals surface area contributed by atoms with Gasteiger partial charge in [0.2, 0.25) is 0 Å². The molecule has 3 nitrogen and oxygen atoms in total. The molecule has 0 aromatic carbocycles. The van der Waals surface area contributed by atoms with Crippen LogP contribution < -0.4 is 10.2 Å². The van der Waals surface area contributed by atoms with Crippen molar-refractivity contribution in [1.29, 1.82) is 0 Å². The summed E-state index contributed by atoms with van der Waals surface area (Å²) in [5.41, 5.74) is 1.29. The summed E-state index contributed by atoms with van der Waals surface area (Å²) in [6.07, 6.45) is 3.19. The Labute approximate surface area is 78.8 Å². The minimum absolute atomic E-state index is 0.927. The van der Waals surface area contributed by atoms with Gasteiger partial charge >= 0.3 is 0 Å². The van der Waals surface area contributed by atoms with Crippen LogP contribution >= 0.6 is 0 Å². The number of aromatic nitrogens is 1. The minimum atomic E-state index is 0.927. The number of rotatable bonds is 3. The maximum Gasteiger partial charge on any atom is 0.127 e. The summed E-state index contributed by atoms with van der Waals surface area (Å²) in [6.45, 7) is 5.39. The van der Waals surface area contributed by atoms with Gasteiger partial charge in [0.15, 0.2) is 0 Å². The molecule has 0 aliphatic carbocycles. The largest absolute Gasteiger partial charge is 0.371 e. The van der Waals surface area contributed by atoms with Crippen molar-refractivity contribution in [3.05, 3.63) is 18.3 Å². The molecule has 70 valence electrons. The number of nitrogens with one attached hydrogen (secondary N) is 1. The Balaban J connectivity index is 2.11. The predicted octanol–water partition coefficient (Wildman–Crippen LogP) is 1.72. The van der Waals surface area contributed by atoms with E-state index in [1.807, 2.05) is 6.20 Å². The van der Waals surface area contributed by atoms with Gasteiger partial charge in [-0.3, -0.25) is 0 Å². The highest BCUT2D eigenvalue weighted by atomic mass is 15.2. The second-order valence-electron chi connectivity index (χ2n) is 3.27. The van der Waals surface area contributed by atoms with E-state index in [1.54, 1.807) is 0 Å². The molecule has 1 saturated heterocycles. The number of nitrogens with zero attached hydrogens (tertiary/aromatic N) is 2. The summed E-state index contributed by atoms with van der Waals surface area (Å²) in [5, 5.41) is 3.21. The summed E-state index contributed by atoms with van der Waals surface area (Å²) in [6, 6.07) is 4.18. The van der Waals surface area contributed by atoms with E-state index in [0.29, 0.717) is 0 Å². The van der Waals surface area contributed by atoms with Crippen LogP contribution in [-0.2, 0) is 0 Å². The summed E-state index contributed by atoms with van der Waals surface area (Å²) in [5.74, 6) is 0.979. The number of pyridine rings is 1. The van der Waals surface area contributed by atoms with Crippen LogP contribution in [0.15, 0.2) is 18.3 Å². The molecule has 0 radical (unpaired) electrons. The van der Waals surface area contributed by atoms with Gasteiger partial charge in [-0.1, -0.05) is 0 Å². The summed E-state index contributed by atoms with van der Waals surface area (Å²) in [4.78, 5) is 6.60. The third-order valence-corrected chi connectivity index (χ3v) is 2.32. The maximum absolute atomic E-state index is 4.23. The zero-order chi connectivity index (χ0) is 9.10. The lowest BCUT2D eigenvalue weighted by molar-refractivity contribution is 0.617. The molecular weight excluding hydrogens is 162 g/mol. The average molecular weight is 177 g/mol. The third-order valence-electron chi connectivity index (χ3n) is 2.32. The van der Waals surface area contributed by atoms with Gasteiger partial charge in [-0.15, -0.1) is 0 Å². The van der Waals surface area contributed by atoms with Gasteiger partial charge in [0.25, 0.3) is 0 Å². The van der Waals surface area contributed by atoms with Crippen molar-refractivity contribution >= 4 is 11.5 Å². The van der Waals surface area contributed by atoms with Crippen LogP contribution in [0.5, 0.6) is 0 Å². The van der Waals surface area contributed by atoms with Crippen LogP contribution in [0.3, 0.4) is 0 Å². The van der Waals surface area contributed by atoms with E-state index in [4.69, 9.17) is 0 Å². The minimum Gasteiger partial charge on any atom is -0.371 e. The first kappa shape index (κ1) is 8.35. The second kappa shape index (κ2) is 3.64. The third kappa shape index (κ3) is 1.74. The smallest absolute Gasteiger partial charge is 0.127 e. The highest BCUT2D eigenvalue weighted by Gasteiger charge is 2.14. The lowest BCUT2D eigenvalue weighted by Crippen LogP contribution is -2.36. The van der Waals surface area contributed by atoms with Crippen LogP contribution in [0.25, 0.3) is 0 Å². The summed E-state index contributed by atoms with van der Waals surface area (Å²) >= 11 is 0. The molecule has 0 spiro atoms. The van der Waals surface area contributed by atoms with E-state index < -0.39 is 0 Å². The van der Waals surface area contributed by atoms with Crippen molar-refractivity contribution in [2.45, 2.75) is 13.3 Å². The summed E-state index contributed by atoms with van der Waals surface area (Å²) in [7, 11) is 0.